The minimum Gasteiger partial charge on any atom is -0.492 e. The largest absolute Gasteiger partial charge is 0.492 e. The fourth-order valence-electron chi connectivity index (χ4n) is 3.43. The zero-order valence-electron chi connectivity index (χ0n) is 18.2. The number of benzene rings is 1. The van der Waals surface area contributed by atoms with Crippen LogP contribution in [0.1, 0.15) is 32.0 Å². The molecule has 0 bridgehead atoms. The van der Waals surface area contributed by atoms with Gasteiger partial charge in [0.2, 0.25) is 5.13 Å². The third kappa shape index (κ3) is 7.61. The Hall–Kier alpha value is -2.49. The smallest absolute Gasteiger partial charge is 0.311 e. The van der Waals surface area contributed by atoms with Crippen molar-refractivity contribution in [1.82, 2.24) is 9.88 Å². The van der Waals surface area contributed by atoms with Crippen LogP contribution in [-0.2, 0) is 20.7 Å². The SMILES string of the molecule is CCOC(=O)Cc1csc(NN=Cc2ccccc2OCCN2CC(C)OC(C)C2)n1. The third-order valence-electron chi connectivity index (χ3n) is 4.63. The van der Waals surface area contributed by atoms with Gasteiger partial charge in [0.25, 0.3) is 0 Å². The summed E-state index contributed by atoms with van der Waals surface area (Å²) in [6.45, 7) is 9.65. The van der Waals surface area contributed by atoms with Crippen LogP contribution >= 0.6 is 11.3 Å². The van der Waals surface area contributed by atoms with E-state index in [0.29, 0.717) is 24.0 Å². The summed E-state index contributed by atoms with van der Waals surface area (Å²) in [7, 11) is 0. The Kier molecular flexibility index (Phi) is 8.81. The van der Waals surface area contributed by atoms with E-state index in [-0.39, 0.29) is 24.6 Å². The van der Waals surface area contributed by atoms with Crippen LogP contribution in [0.25, 0.3) is 0 Å². The molecule has 2 unspecified atom stereocenters. The number of hydrogen-bond donors (Lipinski definition) is 1. The number of thiazole rings is 1. The van der Waals surface area contributed by atoms with Crippen LogP contribution in [0.15, 0.2) is 34.7 Å². The summed E-state index contributed by atoms with van der Waals surface area (Å²) in [6, 6.07) is 7.78. The van der Waals surface area contributed by atoms with Gasteiger partial charge in [0.05, 0.1) is 37.1 Å². The lowest BCUT2D eigenvalue weighted by molar-refractivity contribution is -0.142. The number of hydrogen-bond acceptors (Lipinski definition) is 9. The second-order valence-electron chi connectivity index (χ2n) is 7.40. The van der Waals surface area contributed by atoms with Gasteiger partial charge in [-0.1, -0.05) is 12.1 Å². The molecule has 3 rings (SSSR count). The molecule has 0 amide bonds. The van der Waals surface area contributed by atoms with Crippen LogP contribution in [0.4, 0.5) is 5.13 Å². The molecule has 1 aliphatic heterocycles. The van der Waals surface area contributed by atoms with Crippen molar-refractivity contribution in [2.75, 3.05) is 38.3 Å². The Balaban J connectivity index is 1.49. The van der Waals surface area contributed by atoms with E-state index in [0.717, 1.165) is 30.9 Å². The molecular formula is C22H30N4O4S. The molecule has 0 aliphatic carbocycles. The van der Waals surface area contributed by atoms with Crippen LogP contribution in [-0.4, -0.2) is 67.1 Å². The van der Waals surface area contributed by atoms with Crippen molar-refractivity contribution >= 4 is 28.7 Å². The van der Waals surface area contributed by atoms with E-state index in [1.165, 1.54) is 11.3 Å². The van der Waals surface area contributed by atoms with E-state index >= 15 is 0 Å². The second kappa shape index (κ2) is 11.8. The highest BCUT2D eigenvalue weighted by molar-refractivity contribution is 7.13. The number of nitrogens with one attached hydrogen (secondary N) is 1. The zero-order valence-corrected chi connectivity index (χ0v) is 19.1. The number of anilines is 1. The van der Waals surface area contributed by atoms with Crippen molar-refractivity contribution in [3.63, 3.8) is 0 Å². The van der Waals surface area contributed by atoms with Crippen LogP contribution in [0, 0.1) is 0 Å². The number of hydrazone groups is 1. The van der Waals surface area contributed by atoms with Gasteiger partial charge in [-0.3, -0.25) is 15.1 Å². The Labute approximate surface area is 187 Å². The fraction of sp³-hybridized carbons (Fsp3) is 0.500. The molecule has 0 spiro atoms. The molecule has 1 fully saturated rings. The van der Waals surface area contributed by atoms with Gasteiger partial charge in [0, 0.05) is 30.6 Å². The average molecular weight is 447 g/mol. The molecule has 2 heterocycles. The maximum absolute atomic E-state index is 11.5. The normalized spacial score (nSPS) is 19.5. The van der Waals surface area contributed by atoms with Crippen molar-refractivity contribution in [2.45, 2.75) is 39.4 Å². The van der Waals surface area contributed by atoms with Crippen LogP contribution in [0.2, 0.25) is 0 Å². The van der Waals surface area contributed by atoms with E-state index in [1.807, 2.05) is 29.6 Å². The molecule has 2 aromatic rings. The van der Waals surface area contributed by atoms with Gasteiger partial charge in [-0.25, -0.2) is 4.98 Å². The van der Waals surface area contributed by atoms with E-state index < -0.39 is 0 Å². The van der Waals surface area contributed by atoms with E-state index in [9.17, 15) is 4.79 Å². The third-order valence-corrected chi connectivity index (χ3v) is 5.42. The minimum atomic E-state index is -0.282. The van der Waals surface area contributed by atoms with E-state index in [4.69, 9.17) is 14.2 Å². The highest BCUT2D eigenvalue weighted by atomic mass is 32.1. The van der Waals surface area contributed by atoms with Crippen LogP contribution in [0.5, 0.6) is 5.75 Å². The Morgan fingerprint density at radius 1 is 1.35 bits per heavy atom. The van der Waals surface area contributed by atoms with Gasteiger partial charge < -0.3 is 14.2 Å². The summed E-state index contributed by atoms with van der Waals surface area (Å²) in [4.78, 5) is 18.3. The molecule has 1 N–H and O–H groups in total. The number of para-hydroxylation sites is 1. The standard InChI is InChI=1S/C22H30N4O4S/c1-4-28-21(27)11-19-15-31-22(24-19)25-23-12-18-7-5-6-8-20(18)29-10-9-26-13-16(2)30-17(3)14-26/h5-8,12,15-17H,4,9-11,13-14H2,1-3H3,(H,24,25). The molecule has 2 atom stereocenters. The summed E-state index contributed by atoms with van der Waals surface area (Å²) >= 11 is 1.39. The summed E-state index contributed by atoms with van der Waals surface area (Å²) in [5, 5.41) is 6.70. The van der Waals surface area contributed by atoms with Crippen LogP contribution < -0.4 is 10.2 Å². The number of nitrogens with zero attached hydrogens (tertiary/aromatic N) is 3. The number of rotatable bonds is 10. The van der Waals surface area contributed by atoms with E-state index in [2.05, 4.69) is 34.3 Å². The van der Waals surface area contributed by atoms with Gasteiger partial charge in [-0.15, -0.1) is 11.3 Å². The highest BCUT2D eigenvalue weighted by Crippen LogP contribution is 2.18. The van der Waals surface area contributed by atoms with Crippen molar-refractivity contribution in [3.8, 4) is 5.75 Å². The molecule has 1 aromatic carbocycles. The Bertz CT molecular complexity index is 863. The van der Waals surface area contributed by atoms with E-state index in [1.54, 1.807) is 13.1 Å². The topological polar surface area (TPSA) is 85.3 Å². The Morgan fingerprint density at radius 2 is 2.13 bits per heavy atom. The molecule has 168 valence electrons. The van der Waals surface area contributed by atoms with Gasteiger partial charge in [-0.05, 0) is 32.9 Å². The number of carbonyl (C=O) groups is 1. The predicted molar refractivity (Wildman–Crippen MR) is 122 cm³/mol. The highest BCUT2D eigenvalue weighted by Gasteiger charge is 2.21. The Morgan fingerprint density at radius 3 is 2.90 bits per heavy atom. The lowest BCUT2D eigenvalue weighted by Crippen LogP contribution is -2.46. The first-order valence-electron chi connectivity index (χ1n) is 10.5. The summed E-state index contributed by atoms with van der Waals surface area (Å²) < 4.78 is 16.7. The number of ether oxygens (including phenoxy) is 3. The zero-order chi connectivity index (χ0) is 22.1. The number of carbonyl (C=O) groups excluding carboxylic acids is 1. The molecule has 8 nitrogen and oxygen atoms in total. The molecule has 1 saturated heterocycles. The maximum atomic E-state index is 11.5. The first-order chi connectivity index (χ1) is 15.0. The van der Waals surface area contributed by atoms with Crippen molar-refractivity contribution < 1.29 is 19.0 Å². The first kappa shape index (κ1) is 23.2. The lowest BCUT2D eigenvalue weighted by Gasteiger charge is -2.35. The molecule has 1 aromatic heterocycles. The van der Waals surface area contributed by atoms with Crippen molar-refractivity contribution in [1.29, 1.82) is 0 Å². The summed E-state index contributed by atoms with van der Waals surface area (Å²) in [5.41, 5.74) is 4.45. The molecular weight excluding hydrogens is 416 g/mol. The van der Waals surface area contributed by atoms with Gasteiger partial charge in [0.1, 0.15) is 12.4 Å². The number of aromatic nitrogens is 1. The van der Waals surface area contributed by atoms with Crippen molar-refractivity contribution in [3.05, 3.63) is 40.9 Å². The quantitative estimate of drug-likeness (QED) is 0.341. The number of esters is 1. The summed E-state index contributed by atoms with van der Waals surface area (Å²) in [6.07, 6.45) is 2.36. The monoisotopic (exact) mass is 446 g/mol. The molecule has 31 heavy (non-hydrogen) atoms. The number of morpholine rings is 1. The maximum Gasteiger partial charge on any atom is 0.311 e. The van der Waals surface area contributed by atoms with Gasteiger partial charge in [0.15, 0.2) is 0 Å². The molecule has 0 radical (unpaired) electrons. The molecule has 9 heteroatoms. The van der Waals surface area contributed by atoms with Crippen LogP contribution in [0.3, 0.4) is 0 Å². The molecule has 0 saturated carbocycles. The average Bonchev–Trinajstić information content (AvgIpc) is 3.15. The minimum absolute atomic E-state index is 0.160. The predicted octanol–water partition coefficient (Wildman–Crippen LogP) is 3.18. The fourth-order valence-corrected chi connectivity index (χ4v) is 4.09. The lowest BCUT2D eigenvalue weighted by atomic mass is 10.2. The van der Waals surface area contributed by atoms with Crippen molar-refractivity contribution in [2.24, 2.45) is 5.10 Å². The first-order valence-corrected chi connectivity index (χ1v) is 11.4. The molecule has 1 aliphatic rings. The van der Waals surface area contributed by atoms with Gasteiger partial charge >= 0.3 is 5.97 Å². The second-order valence-corrected chi connectivity index (χ2v) is 8.26. The van der Waals surface area contributed by atoms with Gasteiger partial charge in [-0.2, -0.15) is 5.10 Å². The summed E-state index contributed by atoms with van der Waals surface area (Å²) in [5.74, 6) is 0.500.